The highest BCUT2D eigenvalue weighted by atomic mass is 31.2. The maximum atomic E-state index is 12.7. The molecule has 0 aliphatic rings. The molecule has 0 aliphatic carbocycles. The Bertz CT molecular complexity index is 1090. The van der Waals surface area contributed by atoms with E-state index in [0.29, 0.717) is 17.4 Å². The summed E-state index contributed by atoms with van der Waals surface area (Å²) in [6.07, 6.45) is 49.8. The zero-order valence-corrected chi connectivity index (χ0v) is 41.5. The number of esters is 2. The van der Waals surface area contributed by atoms with E-state index in [1.54, 1.807) is 0 Å². The molecule has 0 aromatic rings. The first kappa shape index (κ1) is 59.5. The normalized spacial score (nSPS) is 13.6. The predicted molar refractivity (Wildman–Crippen MR) is 254 cm³/mol. The van der Waals surface area contributed by atoms with Crippen LogP contribution in [0, 0.1) is 0 Å². The number of rotatable bonds is 47. The minimum absolute atomic E-state index is 0.0281. The molecular weight excluding hydrogens is 786 g/mol. The van der Waals surface area contributed by atoms with Crippen molar-refractivity contribution in [3.8, 4) is 0 Å². The van der Waals surface area contributed by atoms with E-state index in [9.17, 15) is 19.0 Å². The third-order valence-corrected chi connectivity index (χ3v) is 12.2. The fraction of sp³-hybridized carbons (Fsp3) is 0.882. The van der Waals surface area contributed by atoms with Gasteiger partial charge in [0, 0.05) is 12.8 Å². The molecule has 0 aromatic heterocycles. The molecule has 9 nitrogen and oxygen atoms in total. The lowest BCUT2D eigenvalue weighted by molar-refractivity contribution is -0.870. The topological polar surface area (TPSA) is 111 Å². The number of likely N-dealkylation sites (N-methyl/N-ethyl adjacent to an activating group) is 1. The van der Waals surface area contributed by atoms with E-state index >= 15 is 0 Å². The van der Waals surface area contributed by atoms with Gasteiger partial charge in [0.15, 0.2) is 6.10 Å². The number of phosphoric ester groups is 1. The molecule has 0 heterocycles. The van der Waals surface area contributed by atoms with Gasteiger partial charge in [-0.25, -0.2) is 0 Å². The van der Waals surface area contributed by atoms with E-state index in [1.807, 2.05) is 21.1 Å². The van der Waals surface area contributed by atoms with E-state index in [1.165, 1.54) is 161 Å². The number of quaternary nitrogens is 1. The zero-order chi connectivity index (χ0) is 45.0. The van der Waals surface area contributed by atoms with Gasteiger partial charge in [-0.3, -0.25) is 14.2 Å². The van der Waals surface area contributed by atoms with E-state index < -0.39 is 26.5 Å². The Balaban J connectivity index is 3.89. The van der Waals surface area contributed by atoms with E-state index in [-0.39, 0.29) is 32.0 Å². The summed E-state index contributed by atoms with van der Waals surface area (Å²) in [5, 5.41) is 0. The summed E-state index contributed by atoms with van der Waals surface area (Å²) in [6, 6.07) is 0. The number of unbranched alkanes of at least 4 members (excludes halogenated alkanes) is 29. The average molecular weight is 884 g/mol. The number of carbonyl (C=O) groups excluding carboxylic acids is 2. The van der Waals surface area contributed by atoms with Crippen LogP contribution in [0.3, 0.4) is 0 Å². The standard InChI is InChI=1S/C51H98NO8P/c1-6-8-10-12-14-15-16-17-18-19-20-21-22-23-24-25-26-27-28-29-30-31-32-33-34-35-36-37-38-40-42-44-51(54)60-49(47-57-50(53)43-41-39-13-11-9-7-2)48-59-61(55,56)58-46-45-52(3,4)5/h16-17,19-20,49H,6-15,18,21-48H2,1-5H3/b17-16-,20-19-. The van der Waals surface area contributed by atoms with Crippen LogP contribution < -0.4 is 4.89 Å². The summed E-state index contributed by atoms with van der Waals surface area (Å²) >= 11 is 0. The summed E-state index contributed by atoms with van der Waals surface area (Å²) in [5.41, 5.74) is 0. The Morgan fingerprint density at radius 2 is 0.885 bits per heavy atom. The van der Waals surface area contributed by atoms with Crippen LogP contribution in [0.1, 0.15) is 239 Å². The highest BCUT2D eigenvalue weighted by Crippen LogP contribution is 2.38. The molecule has 0 rings (SSSR count). The molecule has 2 atom stereocenters. The van der Waals surface area contributed by atoms with Gasteiger partial charge in [-0.1, -0.05) is 205 Å². The smallest absolute Gasteiger partial charge is 0.306 e. The van der Waals surface area contributed by atoms with Crippen LogP contribution in [0.15, 0.2) is 24.3 Å². The quantitative estimate of drug-likeness (QED) is 0.0195. The van der Waals surface area contributed by atoms with E-state index in [0.717, 1.165) is 44.9 Å². The summed E-state index contributed by atoms with van der Waals surface area (Å²) in [4.78, 5) is 37.3. The molecule has 10 heteroatoms. The Morgan fingerprint density at radius 3 is 1.30 bits per heavy atom. The predicted octanol–water partition coefficient (Wildman–Crippen LogP) is 14.5. The number of carbonyl (C=O) groups is 2. The van der Waals surface area contributed by atoms with Crippen LogP contribution in [0.2, 0.25) is 0 Å². The van der Waals surface area contributed by atoms with Crippen molar-refractivity contribution < 1.29 is 42.1 Å². The Hall–Kier alpha value is -1.51. The lowest BCUT2D eigenvalue weighted by atomic mass is 10.0. The van der Waals surface area contributed by atoms with Crippen molar-refractivity contribution in [2.24, 2.45) is 0 Å². The number of ether oxygens (including phenoxy) is 2. The first-order valence-corrected chi connectivity index (χ1v) is 27.0. The lowest BCUT2D eigenvalue weighted by Gasteiger charge is -2.28. The third kappa shape index (κ3) is 47.8. The van der Waals surface area contributed by atoms with Gasteiger partial charge in [-0.05, 0) is 44.9 Å². The summed E-state index contributed by atoms with van der Waals surface area (Å²) < 4.78 is 33.8. The fourth-order valence-corrected chi connectivity index (χ4v) is 7.94. The van der Waals surface area contributed by atoms with Gasteiger partial charge in [-0.2, -0.15) is 0 Å². The van der Waals surface area contributed by atoms with E-state index in [4.69, 9.17) is 18.5 Å². The molecule has 0 bridgehead atoms. The van der Waals surface area contributed by atoms with Crippen LogP contribution in [-0.4, -0.2) is 70.0 Å². The average Bonchev–Trinajstić information content (AvgIpc) is 3.21. The number of allylic oxidation sites excluding steroid dienone is 4. The van der Waals surface area contributed by atoms with Crippen molar-refractivity contribution in [2.75, 3.05) is 47.5 Å². The Kier molecular flexibility index (Phi) is 42.6. The zero-order valence-electron chi connectivity index (χ0n) is 40.6. The van der Waals surface area contributed by atoms with Gasteiger partial charge in [0.2, 0.25) is 0 Å². The molecule has 0 aromatic carbocycles. The first-order valence-electron chi connectivity index (χ1n) is 25.5. The highest BCUT2D eigenvalue weighted by Gasteiger charge is 2.21. The second kappa shape index (κ2) is 43.7. The molecule has 0 saturated carbocycles. The van der Waals surface area contributed by atoms with Crippen molar-refractivity contribution in [3.63, 3.8) is 0 Å². The van der Waals surface area contributed by atoms with Crippen molar-refractivity contribution in [3.05, 3.63) is 24.3 Å². The molecule has 0 saturated heterocycles. The molecule has 0 amide bonds. The van der Waals surface area contributed by atoms with Crippen LogP contribution in [0.5, 0.6) is 0 Å². The van der Waals surface area contributed by atoms with Crippen molar-refractivity contribution in [1.29, 1.82) is 0 Å². The summed E-state index contributed by atoms with van der Waals surface area (Å²) in [6.45, 7) is 4.17. The number of hydrogen-bond donors (Lipinski definition) is 0. The van der Waals surface area contributed by atoms with Gasteiger partial charge < -0.3 is 27.9 Å². The van der Waals surface area contributed by atoms with Crippen molar-refractivity contribution >= 4 is 19.8 Å². The van der Waals surface area contributed by atoms with Gasteiger partial charge in [0.05, 0.1) is 27.7 Å². The van der Waals surface area contributed by atoms with Gasteiger partial charge >= 0.3 is 11.9 Å². The molecule has 61 heavy (non-hydrogen) atoms. The van der Waals surface area contributed by atoms with Crippen molar-refractivity contribution in [2.45, 2.75) is 245 Å². The molecular formula is C51H98NO8P. The SMILES string of the molecule is CCCCCCC/C=C\C/C=C\CCCCCCCCCCCCCCCCCCCCCC(=O)OC(COC(=O)CCCCCCCC)COP(=O)([O-])OCC[N+](C)(C)C. The molecule has 0 fully saturated rings. The van der Waals surface area contributed by atoms with Gasteiger partial charge in [0.25, 0.3) is 7.82 Å². The highest BCUT2D eigenvalue weighted by molar-refractivity contribution is 7.45. The van der Waals surface area contributed by atoms with E-state index in [2.05, 4.69) is 38.2 Å². The maximum absolute atomic E-state index is 12.7. The Labute approximate surface area is 377 Å². The fourth-order valence-electron chi connectivity index (χ4n) is 7.22. The largest absolute Gasteiger partial charge is 0.756 e. The summed E-state index contributed by atoms with van der Waals surface area (Å²) in [7, 11) is 1.17. The maximum Gasteiger partial charge on any atom is 0.306 e. The summed E-state index contributed by atoms with van der Waals surface area (Å²) in [5.74, 6) is -0.834. The molecule has 0 aliphatic heterocycles. The minimum atomic E-state index is -4.61. The molecule has 360 valence electrons. The number of phosphoric acid groups is 1. The van der Waals surface area contributed by atoms with Gasteiger partial charge in [-0.15, -0.1) is 0 Å². The molecule has 0 radical (unpaired) electrons. The first-order chi connectivity index (χ1) is 29.5. The van der Waals surface area contributed by atoms with Crippen LogP contribution in [0.25, 0.3) is 0 Å². The molecule has 0 spiro atoms. The Morgan fingerprint density at radius 1 is 0.508 bits per heavy atom. The lowest BCUT2D eigenvalue weighted by Crippen LogP contribution is -2.37. The number of nitrogens with zero attached hydrogens (tertiary/aromatic N) is 1. The van der Waals surface area contributed by atoms with Crippen LogP contribution >= 0.6 is 7.82 Å². The van der Waals surface area contributed by atoms with Crippen LogP contribution in [-0.2, 0) is 32.7 Å². The monoisotopic (exact) mass is 884 g/mol. The van der Waals surface area contributed by atoms with Crippen LogP contribution in [0.4, 0.5) is 0 Å². The van der Waals surface area contributed by atoms with Crippen molar-refractivity contribution in [1.82, 2.24) is 0 Å². The molecule has 0 N–H and O–H groups in total. The third-order valence-electron chi connectivity index (χ3n) is 11.2. The van der Waals surface area contributed by atoms with Gasteiger partial charge in [0.1, 0.15) is 19.8 Å². The second-order valence-electron chi connectivity index (χ2n) is 18.5. The second-order valence-corrected chi connectivity index (χ2v) is 20.0. The molecule has 2 unspecified atom stereocenters. The number of hydrogen-bond acceptors (Lipinski definition) is 8. The minimum Gasteiger partial charge on any atom is -0.756 e.